The molecule has 0 fully saturated rings. The van der Waals surface area contributed by atoms with Crippen molar-refractivity contribution in [3.63, 3.8) is 0 Å². The number of anilines is 3. The smallest absolute Gasteiger partial charge is 0.137 e. The Morgan fingerprint density at radius 3 is 1.88 bits per heavy atom. The molecule has 4 heterocycles. The molecule has 0 amide bonds. The van der Waals surface area contributed by atoms with Gasteiger partial charge in [-0.2, -0.15) is 6.67 Å². The summed E-state index contributed by atoms with van der Waals surface area (Å²) in [6.45, 7) is 28.3. The zero-order chi connectivity index (χ0) is 41.5. The van der Waals surface area contributed by atoms with Crippen LogP contribution >= 0.6 is 0 Å². The molecule has 7 aromatic rings. The van der Waals surface area contributed by atoms with E-state index >= 15 is 0 Å². The summed E-state index contributed by atoms with van der Waals surface area (Å²) in [4.78, 5) is 24.6. The maximum atomic E-state index is 7.14. The number of rotatable bonds is 5. The number of benzene rings is 4. The van der Waals surface area contributed by atoms with Gasteiger partial charge < -0.3 is 19.1 Å². The van der Waals surface area contributed by atoms with Crippen molar-refractivity contribution in [2.24, 2.45) is 0 Å². The first-order valence-corrected chi connectivity index (χ1v) is 20.1. The summed E-state index contributed by atoms with van der Waals surface area (Å²) in [5.41, 5.74) is 7.12. The molecule has 8 nitrogen and oxygen atoms in total. The fraction of sp³-hybridized carbons (Fsp3) is 0.340. The van der Waals surface area contributed by atoms with E-state index in [1.807, 2.05) is 24.4 Å². The molecule has 308 valence electrons. The molecular weight excluding hydrogens is 910 g/mol. The van der Waals surface area contributed by atoms with E-state index in [1.165, 1.54) is 5.56 Å². The first kappa shape index (κ1) is 42.1. The Kier molecular flexibility index (Phi) is 10.6. The Balaban J connectivity index is 0.00000528. The standard InChI is InChI=1S/C50H54N7O.Pt/c1-47(2,3)31-21-22-38-35(26-31)36-28-37(44-52-45(49(7,8)9)54-46(53-44)50(10,11)12)42(29-41(36)57(38)43-20-16-17-23-51-43)58-34-25-32(48(4,5)6)24-33(27-34)56-30-55(13)39-18-14-15-19-40(39)56;/h14-26,28,30H,1-13H3;/q-3;. The van der Waals surface area contributed by atoms with E-state index in [9.17, 15) is 0 Å². The average molecular weight is 964 g/mol. The quantitative estimate of drug-likeness (QED) is 0.159. The van der Waals surface area contributed by atoms with Crippen molar-refractivity contribution in [3.05, 3.63) is 127 Å². The molecule has 9 heteroatoms. The normalized spacial score (nSPS) is 13.6. The third-order valence-corrected chi connectivity index (χ3v) is 10.7. The predicted octanol–water partition coefficient (Wildman–Crippen LogP) is 12.3. The molecule has 0 saturated heterocycles. The summed E-state index contributed by atoms with van der Waals surface area (Å²) in [6, 6.07) is 35.0. The van der Waals surface area contributed by atoms with Crippen LogP contribution < -0.4 is 14.5 Å². The van der Waals surface area contributed by atoms with Crippen LogP contribution in [0.15, 0.2) is 85.1 Å². The second-order valence-corrected chi connectivity index (χ2v) is 19.6. The molecule has 3 aromatic heterocycles. The van der Waals surface area contributed by atoms with E-state index in [0.29, 0.717) is 17.3 Å². The van der Waals surface area contributed by atoms with Crippen LogP contribution in [0.5, 0.6) is 11.5 Å². The van der Waals surface area contributed by atoms with Gasteiger partial charge in [-0.15, -0.1) is 47.0 Å². The van der Waals surface area contributed by atoms with Crippen molar-refractivity contribution in [2.75, 3.05) is 16.8 Å². The Morgan fingerprint density at radius 2 is 1.27 bits per heavy atom. The van der Waals surface area contributed by atoms with E-state index in [0.717, 1.165) is 67.5 Å². The van der Waals surface area contributed by atoms with Crippen molar-refractivity contribution in [1.82, 2.24) is 24.5 Å². The fourth-order valence-corrected chi connectivity index (χ4v) is 7.29. The third-order valence-electron chi connectivity index (χ3n) is 10.7. The second-order valence-electron chi connectivity index (χ2n) is 19.6. The van der Waals surface area contributed by atoms with Gasteiger partial charge in [-0.05, 0) is 64.7 Å². The van der Waals surface area contributed by atoms with E-state index < -0.39 is 0 Å². The van der Waals surface area contributed by atoms with Crippen molar-refractivity contribution >= 4 is 38.9 Å². The van der Waals surface area contributed by atoms with Crippen molar-refractivity contribution in [1.29, 1.82) is 0 Å². The number of pyridine rings is 1. The van der Waals surface area contributed by atoms with E-state index in [1.54, 1.807) is 0 Å². The van der Waals surface area contributed by atoms with Crippen LogP contribution in [0.1, 0.15) is 106 Å². The molecule has 8 rings (SSSR count). The van der Waals surface area contributed by atoms with Gasteiger partial charge in [0.2, 0.25) is 0 Å². The summed E-state index contributed by atoms with van der Waals surface area (Å²) < 4.78 is 9.31. The predicted molar refractivity (Wildman–Crippen MR) is 238 cm³/mol. The van der Waals surface area contributed by atoms with Crippen LogP contribution in [-0.4, -0.2) is 31.6 Å². The van der Waals surface area contributed by atoms with Gasteiger partial charge in [0.1, 0.15) is 23.3 Å². The molecule has 1 aliphatic rings. The van der Waals surface area contributed by atoms with E-state index in [-0.39, 0.29) is 42.7 Å². The summed E-state index contributed by atoms with van der Waals surface area (Å²) in [6.07, 6.45) is 1.83. The number of para-hydroxylation sites is 2. The Morgan fingerprint density at radius 1 is 0.627 bits per heavy atom. The molecule has 59 heavy (non-hydrogen) atoms. The fourth-order valence-electron chi connectivity index (χ4n) is 7.29. The van der Waals surface area contributed by atoms with Gasteiger partial charge in [0.25, 0.3) is 0 Å². The first-order chi connectivity index (χ1) is 27.2. The van der Waals surface area contributed by atoms with Crippen molar-refractivity contribution < 1.29 is 25.8 Å². The van der Waals surface area contributed by atoms with Crippen molar-refractivity contribution in [2.45, 2.75) is 105 Å². The first-order valence-electron chi connectivity index (χ1n) is 20.1. The number of fused-ring (bicyclic) bond motifs is 4. The minimum atomic E-state index is -0.331. The van der Waals surface area contributed by atoms with Gasteiger partial charge in [0, 0.05) is 66.5 Å². The zero-order valence-electron chi connectivity index (χ0n) is 36.5. The maximum Gasteiger partial charge on any atom is 0.137 e. The van der Waals surface area contributed by atoms with Gasteiger partial charge in [0.15, 0.2) is 0 Å². The topological polar surface area (TPSA) is 72.2 Å². The summed E-state index contributed by atoms with van der Waals surface area (Å²) >= 11 is 0. The van der Waals surface area contributed by atoms with Gasteiger partial charge in [-0.25, -0.2) is 19.9 Å². The number of aromatic nitrogens is 5. The minimum absolute atomic E-state index is 0. The molecular formula is C50H54N7OPt-3. The van der Waals surface area contributed by atoms with E-state index in [4.69, 9.17) is 24.7 Å². The molecule has 0 bridgehead atoms. The van der Waals surface area contributed by atoms with E-state index in [2.05, 4.69) is 184 Å². The Hall–Kier alpha value is -5.07. The third kappa shape index (κ3) is 8.01. The zero-order valence-corrected chi connectivity index (χ0v) is 38.8. The monoisotopic (exact) mass is 963 g/mol. The summed E-state index contributed by atoms with van der Waals surface area (Å²) in [5, 5.41) is 2.10. The molecule has 0 aliphatic carbocycles. The van der Waals surface area contributed by atoms with Crippen LogP contribution in [0.2, 0.25) is 0 Å². The molecule has 0 N–H and O–H groups in total. The summed E-state index contributed by atoms with van der Waals surface area (Å²) in [5.74, 6) is 3.83. The van der Waals surface area contributed by atoms with Crippen LogP contribution in [0.25, 0.3) is 39.0 Å². The van der Waals surface area contributed by atoms with Gasteiger partial charge in [-0.3, -0.25) is 0 Å². The van der Waals surface area contributed by atoms with Gasteiger partial charge in [0.05, 0.1) is 0 Å². The molecule has 4 aromatic carbocycles. The SMILES string of the molecule is CN1[CH-]N(c2[c-]c(Oc3[c-]c4c(cc3-c3nc(C(C)(C)C)nc(C(C)(C)C)n3)c3cc(C(C)(C)C)ccc3n4-c3ccccn3)cc(C(C)(C)C)c2)c2ccccc21.[Pt]. The molecule has 0 atom stereocenters. The van der Waals surface area contributed by atoms with Crippen LogP contribution in [-0.2, 0) is 42.7 Å². The van der Waals surface area contributed by atoms with Crippen LogP contribution in [0.3, 0.4) is 0 Å². The molecule has 0 radical (unpaired) electrons. The number of nitrogens with zero attached hydrogens (tertiary/aromatic N) is 7. The summed E-state index contributed by atoms with van der Waals surface area (Å²) in [7, 11) is 2.07. The van der Waals surface area contributed by atoms with Gasteiger partial charge >= 0.3 is 0 Å². The largest absolute Gasteiger partial charge is 0.508 e. The minimum Gasteiger partial charge on any atom is -0.508 e. The maximum absolute atomic E-state index is 7.14. The Labute approximate surface area is 364 Å². The molecule has 0 unspecified atom stereocenters. The molecule has 1 aliphatic heterocycles. The second kappa shape index (κ2) is 14.9. The molecule has 0 saturated carbocycles. The number of hydrogen-bond acceptors (Lipinski definition) is 7. The number of ether oxygens (including phenoxy) is 1. The van der Waals surface area contributed by atoms with Crippen LogP contribution in [0, 0.1) is 18.8 Å². The number of hydrogen-bond donors (Lipinski definition) is 0. The average Bonchev–Trinajstić information content (AvgIpc) is 3.66. The van der Waals surface area contributed by atoms with Crippen molar-refractivity contribution in [3.8, 4) is 28.7 Å². The van der Waals surface area contributed by atoms with Gasteiger partial charge in [-0.1, -0.05) is 119 Å². The molecule has 0 spiro atoms. The van der Waals surface area contributed by atoms with Crippen LogP contribution in [0.4, 0.5) is 17.1 Å². The Bertz CT molecular complexity index is 2660.